The molecule has 0 atom stereocenters. The van der Waals surface area contributed by atoms with Crippen molar-refractivity contribution in [1.82, 2.24) is 0 Å². The van der Waals surface area contributed by atoms with E-state index in [0.29, 0.717) is 22.8 Å². The zero-order valence-corrected chi connectivity index (χ0v) is 10.8. The fourth-order valence-corrected chi connectivity index (χ4v) is 1.56. The Morgan fingerprint density at radius 2 is 1.47 bits per heavy atom. The van der Waals surface area contributed by atoms with Crippen LogP contribution in [0.5, 0.6) is 17.2 Å². The molecule has 2 aromatic rings. The van der Waals surface area contributed by atoms with Crippen LogP contribution in [0.2, 0.25) is 0 Å². The third-order valence-corrected chi connectivity index (χ3v) is 2.58. The zero-order valence-electron chi connectivity index (χ0n) is 10.8. The Hall–Kier alpha value is -2.49. The third kappa shape index (κ3) is 3.25. The number of methoxy groups -OCH3 is 2. The molecule has 0 fully saturated rings. The summed E-state index contributed by atoms with van der Waals surface area (Å²) in [5.41, 5.74) is 0.440. The molecule has 0 aromatic heterocycles. The number of ether oxygens (including phenoxy) is 3. The van der Waals surface area contributed by atoms with E-state index in [9.17, 15) is 4.79 Å². The van der Waals surface area contributed by atoms with Crippen LogP contribution >= 0.6 is 0 Å². The topological polar surface area (TPSA) is 44.8 Å². The average molecular weight is 258 g/mol. The van der Waals surface area contributed by atoms with Crippen molar-refractivity contribution in [1.29, 1.82) is 0 Å². The predicted molar refractivity (Wildman–Crippen MR) is 70.9 cm³/mol. The molecule has 98 valence electrons. The molecule has 0 aliphatic rings. The van der Waals surface area contributed by atoms with Crippen molar-refractivity contribution in [2.24, 2.45) is 0 Å². The van der Waals surface area contributed by atoms with Gasteiger partial charge in [-0.2, -0.15) is 0 Å². The Morgan fingerprint density at radius 3 is 2.11 bits per heavy atom. The summed E-state index contributed by atoms with van der Waals surface area (Å²) in [4.78, 5) is 11.9. The maximum Gasteiger partial charge on any atom is 0.343 e. The zero-order chi connectivity index (χ0) is 13.7. The maximum absolute atomic E-state index is 11.9. The second-order valence-corrected chi connectivity index (χ2v) is 3.80. The Kier molecular flexibility index (Phi) is 4.03. The van der Waals surface area contributed by atoms with Crippen LogP contribution in [-0.4, -0.2) is 20.2 Å². The van der Waals surface area contributed by atoms with Crippen molar-refractivity contribution in [3.63, 3.8) is 0 Å². The van der Waals surface area contributed by atoms with E-state index in [1.807, 2.05) is 0 Å². The number of esters is 1. The van der Waals surface area contributed by atoms with E-state index in [2.05, 4.69) is 0 Å². The number of rotatable bonds is 4. The van der Waals surface area contributed by atoms with E-state index in [-0.39, 0.29) is 0 Å². The highest BCUT2D eigenvalue weighted by Crippen LogP contribution is 2.19. The highest BCUT2D eigenvalue weighted by Gasteiger charge is 2.09. The number of hydrogen-bond acceptors (Lipinski definition) is 4. The minimum absolute atomic E-state index is 0.427. The first-order valence-electron chi connectivity index (χ1n) is 5.73. The summed E-state index contributed by atoms with van der Waals surface area (Å²) in [6.45, 7) is 0. The van der Waals surface area contributed by atoms with E-state index in [0.717, 1.165) is 0 Å². The fourth-order valence-electron chi connectivity index (χ4n) is 1.56. The summed E-state index contributed by atoms with van der Waals surface area (Å²) in [5, 5.41) is 0. The quantitative estimate of drug-likeness (QED) is 0.624. The van der Waals surface area contributed by atoms with E-state index < -0.39 is 5.97 Å². The number of carbonyl (C=O) groups is 1. The summed E-state index contributed by atoms with van der Waals surface area (Å²) >= 11 is 0. The average Bonchev–Trinajstić information content (AvgIpc) is 2.48. The molecular weight excluding hydrogens is 244 g/mol. The molecule has 0 bridgehead atoms. The van der Waals surface area contributed by atoms with Crippen molar-refractivity contribution >= 4 is 5.97 Å². The lowest BCUT2D eigenvalue weighted by Crippen LogP contribution is -2.08. The minimum Gasteiger partial charge on any atom is -0.497 e. The lowest BCUT2D eigenvalue weighted by atomic mass is 10.2. The molecular formula is C15H14O4. The van der Waals surface area contributed by atoms with Crippen molar-refractivity contribution in [2.45, 2.75) is 0 Å². The summed E-state index contributed by atoms with van der Waals surface area (Å²) in [6.07, 6.45) is 0. The van der Waals surface area contributed by atoms with Gasteiger partial charge >= 0.3 is 5.97 Å². The van der Waals surface area contributed by atoms with Gasteiger partial charge in [0.1, 0.15) is 17.2 Å². The van der Waals surface area contributed by atoms with Gasteiger partial charge in [0.05, 0.1) is 19.8 Å². The summed E-state index contributed by atoms with van der Waals surface area (Å²) < 4.78 is 15.3. The Labute approximate surface area is 111 Å². The van der Waals surface area contributed by atoms with Gasteiger partial charge in [0.25, 0.3) is 0 Å². The van der Waals surface area contributed by atoms with Gasteiger partial charge in [0, 0.05) is 0 Å². The molecule has 2 aromatic carbocycles. The molecule has 0 saturated heterocycles. The molecule has 0 saturated carbocycles. The van der Waals surface area contributed by atoms with E-state index in [4.69, 9.17) is 14.2 Å². The van der Waals surface area contributed by atoms with Gasteiger partial charge in [0.2, 0.25) is 0 Å². The molecule has 2 rings (SSSR count). The van der Waals surface area contributed by atoms with Crippen LogP contribution in [0.4, 0.5) is 0 Å². The smallest absolute Gasteiger partial charge is 0.343 e. The summed E-state index contributed by atoms with van der Waals surface area (Å²) in [7, 11) is 3.13. The Morgan fingerprint density at radius 1 is 0.842 bits per heavy atom. The molecule has 4 heteroatoms. The molecule has 0 heterocycles. The summed E-state index contributed by atoms with van der Waals surface area (Å²) in [5.74, 6) is 1.36. The fraction of sp³-hybridized carbons (Fsp3) is 0.133. The van der Waals surface area contributed by atoms with Crippen LogP contribution in [-0.2, 0) is 0 Å². The second kappa shape index (κ2) is 5.91. The highest BCUT2D eigenvalue weighted by molar-refractivity contribution is 5.91. The van der Waals surface area contributed by atoms with Gasteiger partial charge in [-0.05, 0) is 42.5 Å². The largest absolute Gasteiger partial charge is 0.497 e. The van der Waals surface area contributed by atoms with Crippen molar-refractivity contribution in [2.75, 3.05) is 14.2 Å². The van der Waals surface area contributed by atoms with Gasteiger partial charge in [-0.15, -0.1) is 0 Å². The van der Waals surface area contributed by atoms with Gasteiger partial charge in [-0.3, -0.25) is 0 Å². The SMILES string of the molecule is COc1ccc(OC(=O)c2cccc(OC)c2)cc1. The highest BCUT2D eigenvalue weighted by atomic mass is 16.5. The molecule has 0 spiro atoms. The van der Waals surface area contributed by atoms with Crippen molar-refractivity contribution in [3.8, 4) is 17.2 Å². The first-order valence-corrected chi connectivity index (χ1v) is 5.73. The second-order valence-electron chi connectivity index (χ2n) is 3.80. The van der Waals surface area contributed by atoms with E-state index in [1.165, 1.54) is 0 Å². The van der Waals surface area contributed by atoms with Crippen molar-refractivity contribution < 1.29 is 19.0 Å². The lowest BCUT2D eigenvalue weighted by Gasteiger charge is -2.06. The summed E-state index contributed by atoms with van der Waals surface area (Å²) in [6, 6.07) is 13.6. The molecule has 19 heavy (non-hydrogen) atoms. The number of carbonyl (C=O) groups excluding carboxylic acids is 1. The lowest BCUT2D eigenvalue weighted by molar-refractivity contribution is 0.0734. The van der Waals surface area contributed by atoms with Gasteiger partial charge in [0.15, 0.2) is 0 Å². The maximum atomic E-state index is 11.9. The van der Waals surface area contributed by atoms with Crippen LogP contribution in [0.25, 0.3) is 0 Å². The van der Waals surface area contributed by atoms with E-state index >= 15 is 0 Å². The Balaban J connectivity index is 2.11. The molecule has 4 nitrogen and oxygen atoms in total. The minimum atomic E-state index is -0.427. The molecule has 0 unspecified atom stereocenters. The number of benzene rings is 2. The molecule has 0 aliphatic carbocycles. The molecule has 0 amide bonds. The van der Waals surface area contributed by atoms with Crippen LogP contribution in [0.15, 0.2) is 48.5 Å². The predicted octanol–water partition coefficient (Wildman–Crippen LogP) is 2.92. The van der Waals surface area contributed by atoms with Gasteiger partial charge in [-0.1, -0.05) is 6.07 Å². The van der Waals surface area contributed by atoms with E-state index in [1.54, 1.807) is 62.8 Å². The molecule has 0 radical (unpaired) electrons. The van der Waals surface area contributed by atoms with Crippen LogP contribution in [0.1, 0.15) is 10.4 Å². The first kappa shape index (κ1) is 13.0. The standard InChI is InChI=1S/C15H14O4/c1-17-12-6-8-13(9-7-12)19-15(16)11-4-3-5-14(10-11)18-2/h3-10H,1-2H3. The monoisotopic (exact) mass is 258 g/mol. The van der Waals surface area contributed by atoms with Crippen LogP contribution < -0.4 is 14.2 Å². The van der Waals surface area contributed by atoms with Gasteiger partial charge in [-0.25, -0.2) is 4.79 Å². The van der Waals surface area contributed by atoms with Crippen molar-refractivity contribution in [3.05, 3.63) is 54.1 Å². The number of hydrogen-bond donors (Lipinski definition) is 0. The third-order valence-electron chi connectivity index (χ3n) is 2.58. The Bertz CT molecular complexity index is 561. The molecule has 0 aliphatic heterocycles. The van der Waals surface area contributed by atoms with Crippen LogP contribution in [0, 0.1) is 0 Å². The molecule has 0 N–H and O–H groups in total. The van der Waals surface area contributed by atoms with Crippen LogP contribution in [0.3, 0.4) is 0 Å². The normalized spacial score (nSPS) is 9.79. The first-order chi connectivity index (χ1) is 9.22. The van der Waals surface area contributed by atoms with Gasteiger partial charge < -0.3 is 14.2 Å².